The van der Waals surface area contributed by atoms with Crippen molar-refractivity contribution in [2.24, 2.45) is 0 Å². The van der Waals surface area contributed by atoms with Gasteiger partial charge in [-0.05, 0) is 30.7 Å². The lowest BCUT2D eigenvalue weighted by atomic mass is 10.3. The van der Waals surface area contributed by atoms with Gasteiger partial charge in [-0.1, -0.05) is 6.08 Å². The normalized spacial score (nSPS) is 11.0. The Morgan fingerprint density at radius 2 is 1.59 bits per heavy atom. The van der Waals surface area contributed by atoms with E-state index in [0.29, 0.717) is 18.8 Å². The Hall–Kier alpha value is -1.65. The van der Waals surface area contributed by atoms with Crippen LogP contribution in [-0.4, -0.2) is 19.4 Å². The van der Waals surface area contributed by atoms with Crippen LogP contribution in [0.15, 0.2) is 36.9 Å². The molecule has 1 rings (SSSR count). The summed E-state index contributed by atoms with van der Waals surface area (Å²) in [6, 6.07) is 6.01. The zero-order chi connectivity index (χ0) is 12.7. The predicted octanol–water partition coefficient (Wildman–Crippen LogP) is 3.58. The highest BCUT2D eigenvalue weighted by molar-refractivity contribution is 5.31. The lowest BCUT2D eigenvalue weighted by Gasteiger charge is -2.09. The van der Waals surface area contributed by atoms with Gasteiger partial charge >= 0.3 is 6.18 Å². The van der Waals surface area contributed by atoms with Gasteiger partial charge in [-0.2, -0.15) is 13.2 Å². The van der Waals surface area contributed by atoms with Crippen LogP contribution in [0, 0.1) is 0 Å². The average Bonchev–Trinajstić information content (AvgIpc) is 2.27. The molecule has 0 heterocycles. The van der Waals surface area contributed by atoms with Gasteiger partial charge in [0.15, 0.2) is 6.61 Å². The fourth-order valence-corrected chi connectivity index (χ4v) is 1.06. The van der Waals surface area contributed by atoms with E-state index in [1.165, 1.54) is 12.1 Å². The Morgan fingerprint density at radius 3 is 2.06 bits per heavy atom. The third kappa shape index (κ3) is 5.85. The number of ether oxygens (including phenoxy) is 2. The summed E-state index contributed by atoms with van der Waals surface area (Å²) < 4.78 is 45.5. The smallest absolute Gasteiger partial charge is 0.422 e. The number of benzene rings is 1. The van der Waals surface area contributed by atoms with E-state index in [2.05, 4.69) is 11.3 Å². The second-order valence-corrected chi connectivity index (χ2v) is 3.30. The molecule has 0 amide bonds. The van der Waals surface area contributed by atoms with Gasteiger partial charge in [0, 0.05) is 0 Å². The lowest BCUT2D eigenvalue weighted by molar-refractivity contribution is -0.153. The van der Waals surface area contributed by atoms with E-state index in [-0.39, 0.29) is 5.75 Å². The third-order valence-electron chi connectivity index (χ3n) is 1.82. The molecule has 0 fully saturated rings. The molecule has 0 bridgehead atoms. The van der Waals surface area contributed by atoms with Crippen LogP contribution >= 0.6 is 0 Å². The van der Waals surface area contributed by atoms with E-state index >= 15 is 0 Å². The van der Waals surface area contributed by atoms with Crippen molar-refractivity contribution < 1.29 is 22.6 Å². The summed E-state index contributed by atoms with van der Waals surface area (Å²) in [5.74, 6) is 0.754. The number of hydrogen-bond donors (Lipinski definition) is 0. The second kappa shape index (κ2) is 6.18. The van der Waals surface area contributed by atoms with E-state index in [1.54, 1.807) is 18.2 Å². The molecule has 0 unspecified atom stereocenters. The SMILES string of the molecule is C=CCCOc1ccc(OCC(F)(F)F)cc1. The summed E-state index contributed by atoms with van der Waals surface area (Å²) in [4.78, 5) is 0. The van der Waals surface area contributed by atoms with Gasteiger partial charge < -0.3 is 9.47 Å². The molecule has 5 heteroatoms. The van der Waals surface area contributed by atoms with Crippen molar-refractivity contribution in [1.29, 1.82) is 0 Å². The summed E-state index contributed by atoms with van der Waals surface area (Å²) >= 11 is 0. The number of halogens is 3. The number of hydrogen-bond acceptors (Lipinski definition) is 2. The zero-order valence-electron chi connectivity index (χ0n) is 9.17. The minimum absolute atomic E-state index is 0.165. The largest absolute Gasteiger partial charge is 0.493 e. The molecule has 1 aromatic carbocycles. The predicted molar refractivity (Wildman–Crippen MR) is 58.3 cm³/mol. The summed E-state index contributed by atoms with van der Waals surface area (Å²) in [6.45, 7) is 2.75. The Labute approximate surface area is 97.7 Å². The fraction of sp³-hybridized carbons (Fsp3) is 0.333. The van der Waals surface area contributed by atoms with Crippen LogP contribution in [0.4, 0.5) is 13.2 Å². The Balaban J connectivity index is 2.42. The molecular formula is C12H13F3O2. The van der Waals surface area contributed by atoms with E-state index in [4.69, 9.17) is 4.74 Å². The Morgan fingerprint density at radius 1 is 1.06 bits per heavy atom. The summed E-state index contributed by atoms with van der Waals surface area (Å²) in [7, 11) is 0. The Bertz CT molecular complexity index is 344. The highest BCUT2D eigenvalue weighted by atomic mass is 19.4. The molecule has 1 aromatic rings. The van der Waals surface area contributed by atoms with E-state index < -0.39 is 12.8 Å². The summed E-state index contributed by atoms with van der Waals surface area (Å²) in [5.41, 5.74) is 0. The highest BCUT2D eigenvalue weighted by Crippen LogP contribution is 2.21. The summed E-state index contributed by atoms with van der Waals surface area (Å²) in [6.07, 6.45) is -1.88. The first-order valence-electron chi connectivity index (χ1n) is 5.04. The molecule has 0 N–H and O–H groups in total. The first-order valence-corrected chi connectivity index (χ1v) is 5.04. The molecular weight excluding hydrogens is 233 g/mol. The first kappa shape index (κ1) is 13.4. The van der Waals surface area contributed by atoms with Gasteiger partial charge in [0.05, 0.1) is 6.61 Å². The van der Waals surface area contributed by atoms with Crippen LogP contribution in [0.2, 0.25) is 0 Å². The van der Waals surface area contributed by atoms with Crippen molar-refractivity contribution in [2.75, 3.05) is 13.2 Å². The van der Waals surface area contributed by atoms with Gasteiger partial charge in [0.2, 0.25) is 0 Å². The van der Waals surface area contributed by atoms with Crippen molar-refractivity contribution in [3.63, 3.8) is 0 Å². The molecule has 17 heavy (non-hydrogen) atoms. The molecule has 0 saturated carbocycles. The molecule has 0 spiro atoms. The fourth-order valence-electron chi connectivity index (χ4n) is 1.06. The quantitative estimate of drug-likeness (QED) is 0.564. The molecule has 0 aliphatic carbocycles. The lowest BCUT2D eigenvalue weighted by Crippen LogP contribution is -2.19. The molecule has 0 aliphatic heterocycles. The van der Waals surface area contributed by atoms with Crippen LogP contribution in [0.3, 0.4) is 0 Å². The average molecular weight is 246 g/mol. The summed E-state index contributed by atoms with van der Waals surface area (Å²) in [5, 5.41) is 0. The van der Waals surface area contributed by atoms with Gasteiger partial charge in [-0.15, -0.1) is 6.58 Å². The maximum atomic E-state index is 11.9. The maximum absolute atomic E-state index is 11.9. The van der Waals surface area contributed by atoms with E-state index in [1.807, 2.05) is 0 Å². The molecule has 0 atom stereocenters. The van der Waals surface area contributed by atoms with Crippen LogP contribution in [0.25, 0.3) is 0 Å². The molecule has 0 radical (unpaired) electrons. The second-order valence-electron chi connectivity index (χ2n) is 3.30. The van der Waals surface area contributed by atoms with Gasteiger partial charge in [0.25, 0.3) is 0 Å². The molecule has 94 valence electrons. The third-order valence-corrected chi connectivity index (χ3v) is 1.82. The van der Waals surface area contributed by atoms with Crippen molar-refractivity contribution >= 4 is 0 Å². The number of rotatable bonds is 6. The van der Waals surface area contributed by atoms with Crippen molar-refractivity contribution in [2.45, 2.75) is 12.6 Å². The molecule has 0 aromatic heterocycles. The van der Waals surface area contributed by atoms with Crippen molar-refractivity contribution in [3.8, 4) is 11.5 Å². The first-order chi connectivity index (χ1) is 8.01. The standard InChI is InChI=1S/C12H13F3O2/c1-2-3-8-16-10-4-6-11(7-5-10)17-9-12(13,14)15/h2,4-7H,1,3,8-9H2. The molecule has 0 aliphatic rings. The van der Waals surface area contributed by atoms with Crippen LogP contribution < -0.4 is 9.47 Å². The van der Waals surface area contributed by atoms with Crippen molar-refractivity contribution in [3.05, 3.63) is 36.9 Å². The topological polar surface area (TPSA) is 18.5 Å². The molecule has 0 saturated heterocycles. The Kier molecular flexibility index (Phi) is 4.87. The van der Waals surface area contributed by atoms with Gasteiger partial charge in [-0.3, -0.25) is 0 Å². The van der Waals surface area contributed by atoms with Crippen LogP contribution in [-0.2, 0) is 0 Å². The van der Waals surface area contributed by atoms with Gasteiger partial charge in [-0.25, -0.2) is 0 Å². The van der Waals surface area contributed by atoms with E-state index in [0.717, 1.165) is 0 Å². The van der Waals surface area contributed by atoms with Crippen LogP contribution in [0.1, 0.15) is 6.42 Å². The maximum Gasteiger partial charge on any atom is 0.422 e. The minimum Gasteiger partial charge on any atom is -0.493 e. The monoisotopic (exact) mass is 246 g/mol. The number of alkyl halides is 3. The highest BCUT2D eigenvalue weighted by Gasteiger charge is 2.28. The van der Waals surface area contributed by atoms with Crippen molar-refractivity contribution in [1.82, 2.24) is 0 Å². The minimum atomic E-state index is -4.32. The molecule has 2 nitrogen and oxygen atoms in total. The van der Waals surface area contributed by atoms with Crippen LogP contribution in [0.5, 0.6) is 11.5 Å². The zero-order valence-corrected chi connectivity index (χ0v) is 9.17. The van der Waals surface area contributed by atoms with E-state index in [9.17, 15) is 13.2 Å². The van der Waals surface area contributed by atoms with Gasteiger partial charge in [0.1, 0.15) is 11.5 Å².